The lowest BCUT2D eigenvalue weighted by Gasteiger charge is -2.28. The van der Waals surface area contributed by atoms with E-state index >= 15 is 0 Å². The molecule has 5 nitrogen and oxygen atoms in total. The number of rotatable bonds is 4. The average molecular weight is 288 g/mol. The van der Waals surface area contributed by atoms with E-state index in [-0.39, 0.29) is 29.7 Å². The Morgan fingerprint density at radius 2 is 1.86 bits per heavy atom. The first kappa shape index (κ1) is 14.0. The highest BCUT2D eigenvalue weighted by Gasteiger charge is 2.54. The molecule has 21 heavy (non-hydrogen) atoms. The van der Waals surface area contributed by atoms with Crippen molar-refractivity contribution in [1.82, 2.24) is 10.3 Å². The maximum atomic E-state index is 12.5. The third-order valence-electron chi connectivity index (χ3n) is 5.07. The van der Waals surface area contributed by atoms with E-state index in [0.29, 0.717) is 0 Å². The number of fused-ring (bicyclic) bond motifs is 2. The topological polar surface area (TPSA) is 79.3 Å². The molecule has 0 radical (unpaired) electrons. The van der Waals surface area contributed by atoms with Crippen molar-refractivity contribution in [3.05, 3.63) is 30.1 Å². The highest BCUT2D eigenvalue weighted by atomic mass is 16.4. The Morgan fingerprint density at radius 1 is 1.24 bits per heavy atom. The molecule has 2 aliphatic carbocycles. The van der Waals surface area contributed by atoms with Crippen LogP contribution in [-0.2, 0) is 9.59 Å². The van der Waals surface area contributed by atoms with Crippen LogP contribution in [0.3, 0.4) is 0 Å². The predicted octanol–water partition coefficient (Wildman–Crippen LogP) is 2.01. The zero-order chi connectivity index (χ0) is 15.0. The van der Waals surface area contributed by atoms with Gasteiger partial charge in [0.25, 0.3) is 0 Å². The summed E-state index contributed by atoms with van der Waals surface area (Å²) in [6.07, 6.45) is 6.20. The minimum atomic E-state index is -0.820. The number of carboxylic acids is 1. The number of nitrogens with zero attached hydrogens (tertiary/aromatic N) is 1. The third kappa shape index (κ3) is 2.52. The molecule has 1 aromatic heterocycles. The molecule has 5 heteroatoms. The van der Waals surface area contributed by atoms with E-state index in [0.717, 1.165) is 24.8 Å². The zero-order valence-corrected chi connectivity index (χ0v) is 12.0. The van der Waals surface area contributed by atoms with Crippen molar-refractivity contribution in [2.45, 2.75) is 32.2 Å². The molecule has 2 saturated carbocycles. The van der Waals surface area contributed by atoms with Crippen LogP contribution >= 0.6 is 0 Å². The smallest absolute Gasteiger partial charge is 0.307 e. The van der Waals surface area contributed by atoms with E-state index in [4.69, 9.17) is 0 Å². The van der Waals surface area contributed by atoms with E-state index in [1.54, 1.807) is 12.4 Å². The van der Waals surface area contributed by atoms with Crippen LogP contribution in [-0.4, -0.2) is 22.0 Å². The van der Waals surface area contributed by atoms with Gasteiger partial charge in [-0.05, 0) is 55.7 Å². The summed E-state index contributed by atoms with van der Waals surface area (Å²) in [7, 11) is 0. The minimum Gasteiger partial charge on any atom is -0.481 e. The van der Waals surface area contributed by atoms with Gasteiger partial charge < -0.3 is 10.4 Å². The van der Waals surface area contributed by atoms with Crippen LogP contribution in [0.1, 0.15) is 37.8 Å². The van der Waals surface area contributed by atoms with Crippen LogP contribution in [0.4, 0.5) is 0 Å². The molecule has 2 aliphatic rings. The molecule has 0 aliphatic heterocycles. The maximum Gasteiger partial charge on any atom is 0.307 e. The number of nitrogens with one attached hydrogen (secondary N) is 1. The molecule has 2 bridgehead atoms. The number of pyridine rings is 1. The number of carbonyl (C=O) groups is 2. The number of carboxylic acid groups (broad SMARTS) is 1. The van der Waals surface area contributed by atoms with Crippen molar-refractivity contribution in [1.29, 1.82) is 0 Å². The van der Waals surface area contributed by atoms with Gasteiger partial charge in [0.2, 0.25) is 5.91 Å². The number of hydrogen-bond acceptors (Lipinski definition) is 3. The van der Waals surface area contributed by atoms with Gasteiger partial charge >= 0.3 is 5.97 Å². The molecule has 0 spiro atoms. The Balaban J connectivity index is 1.72. The van der Waals surface area contributed by atoms with Crippen molar-refractivity contribution in [3.8, 4) is 0 Å². The van der Waals surface area contributed by atoms with Crippen molar-refractivity contribution >= 4 is 11.9 Å². The number of carbonyl (C=O) groups excluding carboxylic acids is 1. The summed E-state index contributed by atoms with van der Waals surface area (Å²) in [5.74, 6) is -1.39. The monoisotopic (exact) mass is 288 g/mol. The minimum absolute atomic E-state index is 0.112. The molecule has 0 saturated heterocycles. The largest absolute Gasteiger partial charge is 0.481 e. The molecule has 0 unspecified atom stereocenters. The first-order valence-electron chi connectivity index (χ1n) is 7.51. The summed E-state index contributed by atoms with van der Waals surface area (Å²) in [5.41, 5.74) is 0.980. The summed E-state index contributed by atoms with van der Waals surface area (Å²) in [4.78, 5) is 28.0. The number of aromatic nitrogens is 1. The van der Waals surface area contributed by atoms with E-state index < -0.39 is 11.9 Å². The average Bonchev–Trinajstić information content (AvgIpc) is 3.08. The molecule has 1 amide bonds. The Hall–Kier alpha value is -1.91. The maximum absolute atomic E-state index is 12.5. The SMILES string of the molecule is C[C@H](NC(=O)[C@@H]1[C@H]2CC[C@@H](C2)[C@@H]1C(=O)O)c1ccncc1. The Labute approximate surface area is 123 Å². The van der Waals surface area contributed by atoms with Gasteiger partial charge in [-0.3, -0.25) is 14.6 Å². The van der Waals surface area contributed by atoms with Gasteiger partial charge in [-0.2, -0.15) is 0 Å². The summed E-state index contributed by atoms with van der Waals surface area (Å²) >= 11 is 0. The van der Waals surface area contributed by atoms with E-state index in [2.05, 4.69) is 10.3 Å². The van der Waals surface area contributed by atoms with Gasteiger partial charge in [0.05, 0.1) is 17.9 Å². The fraction of sp³-hybridized carbons (Fsp3) is 0.562. The lowest BCUT2D eigenvalue weighted by molar-refractivity contribution is -0.149. The summed E-state index contributed by atoms with van der Waals surface area (Å²) in [6, 6.07) is 3.59. The molecule has 2 fully saturated rings. The molecule has 3 rings (SSSR count). The molecular formula is C16H20N2O3. The number of amides is 1. The molecule has 5 atom stereocenters. The molecule has 0 aromatic carbocycles. The normalized spacial score (nSPS) is 31.9. The molecule has 112 valence electrons. The number of aliphatic carboxylic acids is 1. The highest BCUT2D eigenvalue weighted by Crippen LogP contribution is 2.52. The lowest BCUT2D eigenvalue weighted by atomic mass is 9.78. The fourth-order valence-corrected chi connectivity index (χ4v) is 4.07. The third-order valence-corrected chi connectivity index (χ3v) is 5.07. The fourth-order valence-electron chi connectivity index (χ4n) is 4.07. The summed E-state index contributed by atoms with van der Waals surface area (Å²) < 4.78 is 0. The quantitative estimate of drug-likeness (QED) is 0.888. The second-order valence-corrected chi connectivity index (χ2v) is 6.23. The van der Waals surface area contributed by atoms with Gasteiger partial charge in [-0.25, -0.2) is 0 Å². The van der Waals surface area contributed by atoms with Crippen LogP contribution in [0.5, 0.6) is 0 Å². The van der Waals surface area contributed by atoms with Gasteiger partial charge in [0.1, 0.15) is 0 Å². The van der Waals surface area contributed by atoms with E-state index in [9.17, 15) is 14.7 Å². The molecule has 2 N–H and O–H groups in total. The Morgan fingerprint density at radius 3 is 2.48 bits per heavy atom. The Bertz CT molecular complexity index is 546. The van der Waals surface area contributed by atoms with Gasteiger partial charge in [-0.1, -0.05) is 0 Å². The molecule has 1 heterocycles. The standard InChI is InChI=1S/C16H20N2O3/c1-9(10-4-6-17-7-5-10)18-15(19)13-11-2-3-12(8-11)14(13)16(20)21/h4-7,9,11-14H,2-3,8H2,1H3,(H,18,19)(H,20,21)/t9-,11-,12-,13+,14-/m0/s1. The lowest BCUT2D eigenvalue weighted by Crippen LogP contribution is -2.42. The van der Waals surface area contributed by atoms with Gasteiger partial charge in [0, 0.05) is 12.4 Å². The van der Waals surface area contributed by atoms with Crippen LogP contribution in [0, 0.1) is 23.7 Å². The second kappa shape index (κ2) is 5.47. The second-order valence-electron chi connectivity index (χ2n) is 6.23. The van der Waals surface area contributed by atoms with E-state index in [1.165, 1.54) is 0 Å². The van der Waals surface area contributed by atoms with Crippen LogP contribution < -0.4 is 5.32 Å². The first-order valence-corrected chi connectivity index (χ1v) is 7.51. The molecular weight excluding hydrogens is 268 g/mol. The van der Waals surface area contributed by atoms with E-state index in [1.807, 2.05) is 19.1 Å². The zero-order valence-electron chi connectivity index (χ0n) is 12.0. The van der Waals surface area contributed by atoms with Crippen LogP contribution in [0.15, 0.2) is 24.5 Å². The van der Waals surface area contributed by atoms with Gasteiger partial charge in [0.15, 0.2) is 0 Å². The Kier molecular flexibility index (Phi) is 3.66. The van der Waals surface area contributed by atoms with Crippen molar-refractivity contribution < 1.29 is 14.7 Å². The van der Waals surface area contributed by atoms with Crippen molar-refractivity contribution in [3.63, 3.8) is 0 Å². The summed E-state index contributed by atoms with van der Waals surface area (Å²) in [6.45, 7) is 1.91. The number of hydrogen-bond donors (Lipinski definition) is 2. The van der Waals surface area contributed by atoms with Crippen LogP contribution in [0.25, 0.3) is 0 Å². The van der Waals surface area contributed by atoms with Crippen molar-refractivity contribution in [2.75, 3.05) is 0 Å². The predicted molar refractivity (Wildman–Crippen MR) is 76.2 cm³/mol. The summed E-state index contributed by atoms with van der Waals surface area (Å²) in [5, 5.41) is 12.4. The molecule has 1 aromatic rings. The van der Waals surface area contributed by atoms with Crippen molar-refractivity contribution in [2.24, 2.45) is 23.7 Å². The highest BCUT2D eigenvalue weighted by molar-refractivity contribution is 5.86. The van der Waals surface area contributed by atoms with Gasteiger partial charge in [-0.15, -0.1) is 0 Å². The van der Waals surface area contributed by atoms with Crippen LogP contribution in [0.2, 0.25) is 0 Å². The first-order chi connectivity index (χ1) is 10.1.